The van der Waals surface area contributed by atoms with Crippen molar-refractivity contribution in [2.24, 2.45) is 0 Å². The minimum Gasteiger partial charge on any atom is -0.481 e. The average Bonchev–Trinajstić information content (AvgIpc) is 2.17. The minimum absolute atomic E-state index is 0.381. The molecule has 1 rings (SSSR count). The molecule has 1 N–H and O–H groups in total. The van der Waals surface area contributed by atoms with Crippen LogP contribution in [0.15, 0.2) is 30.3 Å². The maximum Gasteiger partial charge on any atom is 0.180 e. The van der Waals surface area contributed by atoms with Crippen LogP contribution in [0.25, 0.3) is 0 Å². The summed E-state index contributed by atoms with van der Waals surface area (Å²) in [4.78, 5) is 0. The molecule has 0 saturated carbocycles. The van der Waals surface area contributed by atoms with Crippen LogP contribution in [0, 0.1) is 5.41 Å². The first-order valence-electron chi connectivity index (χ1n) is 4.57. The second-order valence-corrected chi connectivity index (χ2v) is 2.84. The Labute approximate surface area is 79.1 Å². The molecule has 0 heterocycles. The maximum atomic E-state index is 7.42. The number of nitrogens with one attached hydrogen (secondary N) is 1. The largest absolute Gasteiger partial charge is 0.481 e. The molecule has 70 valence electrons. The number of hydrogen-bond donors (Lipinski definition) is 1. The van der Waals surface area contributed by atoms with Gasteiger partial charge in [-0.1, -0.05) is 30.3 Å². The summed E-state index contributed by atoms with van der Waals surface area (Å²) < 4.78 is 5.05. The number of benzene rings is 1. The Kier molecular flexibility index (Phi) is 4.03. The third-order valence-corrected chi connectivity index (χ3v) is 1.80. The van der Waals surface area contributed by atoms with Gasteiger partial charge >= 0.3 is 0 Å². The topological polar surface area (TPSA) is 33.1 Å². The fourth-order valence-corrected chi connectivity index (χ4v) is 1.15. The van der Waals surface area contributed by atoms with Gasteiger partial charge in [0.25, 0.3) is 0 Å². The van der Waals surface area contributed by atoms with Gasteiger partial charge in [-0.2, -0.15) is 0 Å². The van der Waals surface area contributed by atoms with E-state index in [9.17, 15) is 0 Å². The summed E-state index contributed by atoms with van der Waals surface area (Å²) in [7, 11) is 0. The molecule has 1 aromatic rings. The summed E-state index contributed by atoms with van der Waals surface area (Å²) in [6.07, 6.45) is 1.58. The molecular formula is C11H15NO. The third-order valence-electron chi connectivity index (χ3n) is 1.80. The van der Waals surface area contributed by atoms with E-state index < -0.39 is 0 Å². The van der Waals surface area contributed by atoms with Crippen molar-refractivity contribution in [1.82, 2.24) is 0 Å². The molecule has 0 fully saturated rings. The standard InChI is InChI=1S/C11H15NO/c1-2-13-11(12)9-8-10-6-4-3-5-7-10/h3-7,12H,2,8-9H2,1H3. The molecule has 13 heavy (non-hydrogen) atoms. The van der Waals surface area contributed by atoms with Gasteiger partial charge in [-0.05, 0) is 18.9 Å². The first kappa shape index (κ1) is 9.78. The molecule has 0 saturated heterocycles. The first-order valence-corrected chi connectivity index (χ1v) is 4.57. The smallest absolute Gasteiger partial charge is 0.180 e. The molecule has 2 nitrogen and oxygen atoms in total. The van der Waals surface area contributed by atoms with E-state index in [1.165, 1.54) is 5.56 Å². The first-order chi connectivity index (χ1) is 6.33. The van der Waals surface area contributed by atoms with E-state index in [-0.39, 0.29) is 0 Å². The Morgan fingerprint density at radius 1 is 1.31 bits per heavy atom. The molecular weight excluding hydrogens is 162 g/mol. The highest BCUT2D eigenvalue weighted by atomic mass is 16.5. The summed E-state index contributed by atoms with van der Waals surface area (Å²) in [5.41, 5.74) is 1.26. The SMILES string of the molecule is CCOC(=N)CCc1ccccc1. The molecule has 0 amide bonds. The summed E-state index contributed by atoms with van der Waals surface area (Å²) >= 11 is 0. The molecule has 1 aromatic carbocycles. The van der Waals surface area contributed by atoms with Crippen LogP contribution in [-0.4, -0.2) is 12.5 Å². The van der Waals surface area contributed by atoms with E-state index >= 15 is 0 Å². The normalized spacial score (nSPS) is 9.62. The van der Waals surface area contributed by atoms with Crippen LogP contribution >= 0.6 is 0 Å². The zero-order valence-corrected chi connectivity index (χ0v) is 7.92. The van der Waals surface area contributed by atoms with Gasteiger partial charge in [0, 0.05) is 6.42 Å². The van der Waals surface area contributed by atoms with E-state index in [1.807, 2.05) is 25.1 Å². The monoisotopic (exact) mass is 177 g/mol. The predicted molar refractivity (Wildman–Crippen MR) is 54.1 cm³/mol. The number of hydrogen-bond acceptors (Lipinski definition) is 2. The molecule has 0 aliphatic rings. The summed E-state index contributed by atoms with van der Waals surface area (Å²) in [6, 6.07) is 10.2. The van der Waals surface area contributed by atoms with Crippen molar-refractivity contribution >= 4 is 5.90 Å². The zero-order chi connectivity index (χ0) is 9.52. The highest BCUT2D eigenvalue weighted by Crippen LogP contribution is 2.03. The fourth-order valence-electron chi connectivity index (χ4n) is 1.15. The molecule has 0 atom stereocenters. The molecule has 0 radical (unpaired) electrons. The molecule has 2 heteroatoms. The lowest BCUT2D eigenvalue weighted by Gasteiger charge is -2.04. The lowest BCUT2D eigenvalue weighted by atomic mass is 10.1. The lowest BCUT2D eigenvalue weighted by Crippen LogP contribution is -2.03. The maximum absolute atomic E-state index is 7.42. The second kappa shape index (κ2) is 5.36. The van der Waals surface area contributed by atoms with E-state index in [4.69, 9.17) is 10.1 Å². The van der Waals surface area contributed by atoms with Gasteiger partial charge in [-0.25, -0.2) is 0 Å². The minimum atomic E-state index is 0.381. The lowest BCUT2D eigenvalue weighted by molar-refractivity contribution is 0.314. The highest BCUT2D eigenvalue weighted by Gasteiger charge is 1.97. The predicted octanol–water partition coefficient (Wildman–Crippen LogP) is 2.63. The van der Waals surface area contributed by atoms with Gasteiger partial charge in [0.05, 0.1) is 6.61 Å². The Bertz CT molecular complexity index is 256. The van der Waals surface area contributed by atoms with Gasteiger partial charge in [0.15, 0.2) is 5.90 Å². The molecule has 0 unspecified atom stereocenters. The summed E-state index contributed by atoms with van der Waals surface area (Å²) in [5.74, 6) is 0.381. The van der Waals surface area contributed by atoms with E-state index in [2.05, 4.69) is 12.1 Å². The van der Waals surface area contributed by atoms with Crippen LogP contribution in [0.2, 0.25) is 0 Å². The molecule has 0 spiro atoms. The van der Waals surface area contributed by atoms with Crippen molar-refractivity contribution in [2.75, 3.05) is 6.61 Å². The average molecular weight is 177 g/mol. The van der Waals surface area contributed by atoms with Crippen molar-refractivity contribution in [3.8, 4) is 0 Å². The van der Waals surface area contributed by atoms with Gasteiger partial charge < -0.3 is 4.74 Å². The van der Waals surface area contributed by atoms with Crippen molar-refractivity contribution in [3.63, 3.8) is 0 Å². The summed E-state index contributed by atoms with van der Waals surface area (Å²) in [6.45, 7) is 2.49. The molecule has 0 aromatic heterocycles. The van der Waals surface area contributed by atoms with Crippen LogP contribution in [-0.2, 0) is 11.2 Å². The Morgan fingerprint density at radius 3 is 2.62 bits per heavy atom. The highest BCUT2D eigenvalue weighted by molar-refractivity contribution is 5.72. The van der Waals surface area contributed by atoms with Crippen molar-refractivity contribution < 1.29 is 4.74 Å². The Hall–Kier alpha value is -1.31. The molecule has 0 bridgehead atoms. The van der Waals surface area contributed by atoms with E-state index in [1.54, 1.807) is 0 Å². The van der Waals surface area contributed by atoms with Crippen LogP contribution in [0.3, 0.4) is 0 Å². The van der Waals surface area contributed by atoms with Crippen LogP contribution < -0.4 is 0 Å². The number of ether oxygens (including phenoxy) is 1. The Morgan fingerprint density at radius 2 is 2.00 bits per heavy atom. The van der Waals surface area contributed by atoms with Gasteiger partial charge in [0.2, 0.25) is 0 Å². The zero-order valence-electron chi connectivity index (χ0n) is 7.92. The second-order valence-electron chi connectivity index (χ2n) is 2.84. The van der Waals surface area contributed by atoms with Gasteiger partial charge in [0.1, 0.15) is 0 Å². The Balaban J connectivity index is 2.31. The van der Waals surface area contributed by atoms with Gasteiger partial charge in [-0.3, -0.25) is 5.41 Å². The third kappa shape index (κ3) is 3.74. The molecule has 0 aliphatic carbocycles. The number of aryl methyl sites for hydroxylation is 1. The van der Waals surface area contributed by atoms with Crippen molar-refractivity contribution in [2.45, 2.75) is 19.8 Å². The quantitative estimate of drug-likeness (QED) is 0.556. The van der Waals surface area contributed by atoms with Crippen LogP contribution in [0.4, 0.5) is 0 Å². The van der Waals surface area contributed by atoms with Crippen LogP contribution in [0.1, 0.15) is 18.9 Å². The fraction of sp³-hybridized carbons (Fsp3) is 0.364. The van der Waals surface area contributed by atoms with Crippen molar-refractivity contribution in [1.29, 1.82) is 5.41 Å². The van der Waals surface area contributed by atoms with Crippen molar-refractivity contribution in [3.05, 3.63) is 35.9 Å². The molecule has 0 aliphatic heterocycles. The van der Waals surface area contributed by atoms with Gasteiger partial charge in [-0.15, -0.1) is 0 Å². The summed E-state index contributed by atoms with van der Waals surface area (Å²) in [5, 5.41) is 7.42. The van der Waals surface area contributed by atoms with E-state index in [0.717, 1.165) is 6.42 Å². The number of rotatable bonds is 4. The van der Waals surface area contributed by atoms with Crippen LogP contribution in [0.5, 0.6) is 0 Å². The van der Waals surface area contributed by atoms with E-state index in [0.29, 0.717) is 18.9 Å².